The smallest absolute Gasteiger partial charge is 0.550 e. The Balaban J connectivity index is 0.00000112. The van der Waals surface area contributed by atoms with Crippen LogP contribution >= 0.6 is 0 Å². The monoisotopic (exact) mass is 949 g/mol. The molecule has 0 fully saturated rings. The Morgan fingerprint density at radius 1 is 0.407 bits per heavy atom. The van der Waals surface area contributed by atoms with E-state index in [2.05, 4.69) is 48.5 Å². The Labute approximate surface area is 400 Å². The summed E-state index contributed by atoms with van der Waals surface area (Å²) < 4.78 is 12.5. The van der Waals surface area contributed by atoms with Crippen molar-refractivity contribution in [1.29, 1.82) is 0 Å². The van der Waals surface area contributed by atoms with Crippen LogP contribution in [-0.2, 0) is 32.3 Å². The third-order valence-electron chi connectivity index (χ3n) is 10.8. The second-order valence-corrected chi connectivity index (χ2v) is 16.2. The first-order valence-electron chi connectivity index (χ1n) is 23.4. The molecule has 0 heterocycles. The quantitative estimate of drug-likeness (QED) is 0.0498. The molecular weight excluding hydrogens is 866 g/mol. The molecule has 0 spiro atoms. The van der Waals surface area contributed by atoms with Gasteiger partial charge < -0.3 is 39.5 Å². The molecule has 2 aromatic carbocycles. The Hall–Kier alpha value is -1.21. The third kappa shape index (κ3) is 40.6. The van der Waals surface area contributed by atoms with E-state index in [0.717, 1.165) is 89.9 Å². The number of carboxylic acid groups (broad SMARTS) is 2. The molecule has 9 heteroatoms. The van der Waals surface area contributed by atoms with Gasteiger partial charge in [-0.3, -0.25) is 0 Å². The Morgan fingerprint density at radius 2 is 0.661 bits per heavy atom. The molecule has 59 heavy (non-hydrogen) atoms. The fraction of sp³-hybridized carbons (Fsp3) is 0.720. The Morgan fingerprint density at radius 3 is 0.932 bits per heavy atom. The summed E-state index contributed by atoms with van der Waals surface area (Å²) in [6.45, 7) is 1.99. The van der Waals surface area contributed by atoms with Crippen LogP contribution in [0.5, 0.6) is 0 Å². The maximum Gasteiger partial charge on any atom is 2.00 e. The van der Waals surface area contributed by atoms with Gasteiger partial charge in [0.2, 0.25) is 0 Å². The normalized spacial score (nSPS) is 12.0. The maximum atomic E-state index is 10.4. The van der Waals surface area contributed by atoms with E-state index in [-0.39, 0.29) is 61.7 Å². The average molecular weight is 949 g/mol. The Kier molecular flexibility index (Phi) is 43.9. The molecule has 2 N–H and O–H groups in total. The molecule has 0 saturated heterocycles. The van der Waals surface area contributed by atoms with Crippen LogP contribution in [0.3, 0.4) is 0 Å². The van der Waals surface area contributed by atoms with Gasteiger partial charge in [0, 0.05) is 25.2 Å². The molecule has 0 aliphatic rings. The zero-order valence-electron chi connectivity index (χ0n) is 37.0. The number of hydrogen-bond donors (Lipinski definition) is 2. The fourth-order valence-corrected chi connectivity index (χ4v) is 7.28. The summed E-state index contributed by atoms with van der Waals surface area (Å²) in [6, 6.07) is 20.8. The summed E-state index contributed by atoms with van der Waals surface area (Å²) >= 11 is 0. The number of hydrogen-bond acceptors (Lipinski definition) is 8. The van der Waals surface area contributed by atoms with Crippen LogP contribution in [-0.4, -0.2) is 96.5 Å². The van der Waals surface area contributed by atoms with Crippen molar-refractivity contribution >= 4 is 60.8 Å². The summed E-state index contributed by atoms with van der Waals surface area (Å²) in [5.74, 6) is -1.86. The van der Waals surface area contributed by atoms with E-state index in [0.29, 0.717) is 38.6 Å². The van der Waals surface area contributed by atoms with E-state index >= 15 is 0 Å². The number of aliphatic hydroxyl groups is 2. The molecule has 0 aliphatic carbocycles. The second-order valence-electron chi connectivity index (χ2n) is 16.2. The largest absolute Gasteiger partial charge is 2.00 e. The minimum absolute atomic E-state index is 0. The molecule has 2 aromatic rings. The van der Waals surface area contributed by atoms with Gasteiger partial charge in [0.05, 0.1) is 25.4 Å². The second kappa shape index (κ2) is 44.8. The van der Waals surface area contributed by atoms with Gasteiger partial charge in [-0.25, -0.2) is 0 Å². The van der Waals surface area contributed by atoms with E-state index in [1.54, 1.807) is 0 Å². The van der Waals surface area contributed by atoms with E-state index in [9.17, 15) is 19.8 Å². The van der Waals surface area contributed by atoms with Crippen LogP contribution in [0.2, 0.25) is 0 Å². The maximum absolute atomic E-state index is 10.4. The van der Waals surface area contributed by atoms with E-state index in [1.165, 1.54) is 101 Å². The number of aliphatic carboxylic acids is 2. The van der Waals surface area contributed by atoms with Gasteiger partial charge in [-0.05, 0) is 75.3 Å². The first-order chi connectivity index (χ1) is 28.4. The SMILES string of the molecule is O=C([O-])CCCCCCCCCC(CCCCCCCO)OCc1ccccc1.O=C([O-])CCCCCCCCCC(CCCCCCCO)OCc1ccccc1.[Ba+2]. The number of aliphatic hydroxyl groups excluding tert-OH is 2. The van der Waals surface area contributed by atoms with Crippen molar-refractivity contribution in [3.8, 4) is 0 Å². The molecule has 0 aliphatic heterocycles. The molecular formula is C50H82BaO8. The predicted octanol–water partition coefficient (Wildman–Crippen LogP) is 9.95. The van der Waals surface area contributed by atoms with Crippen molar-refractivity contribution in [3.05, 3.63) is 71.8 Å². The molecule has 0 saturated carbocycles. The minimum atomic E-state index is -0.931. The summed E-state index contributed by atoms with van der Waals surface area (Å²) in [5.41, 5.74) is 2.47. The van der Waals surface area contributed by atoms with Gasteiger partial charge in [0.25, 0.3) is 0 Å². The zero-order chi connectivity index (χ0) is 42.0. The van der Waals surface area contributed by atoms with Crippen molar-refractivity contribution in [3.63, 3.8) is 0 Å². The molecule has 2 atom stereocenters. The first kappa shape index (κ1) is 57.8. The van der Waals surface area contributed by atoms with Gasteiger partial charge in [0.1, 0.15) is 0 Å². The fourth-order valence-electron chi connectivity index (χ4n) is 7.28. The molecule has 0 bridgehead atoms. The van der Waals surface area contributed by atoms with Crippen molar-refractivity contribution in [2.24, 2.45) is 0 Å². The number of rotatable bonds is 40. The number of carbonyl (C=O) groups is 2. The number of carbonyl (C=O) groups excluding carboxylic acids is 2. The number of unbranched alkanes of at least 4 members (excludes halogenated alkanes) is 20. The van der Waals surface area contributed by atoms with Gasteiger partial charge in [-0.2, -0.15) is 0 Å². The van der Waals surface area contributed by atoms with Crippen molar-refractivity contribution in [1.82, 2.24) is 0 Å². The molecule has 8 nitrogen and oxygen atoms in total. The van der Waals surface area contributed by atoms with E-state index in [1.807, 2.05) is 12.1 Å². The molecule has 0 aromatic heterocycles. The summed E-state index contributed by atoms with van der Waals surface area (Å²) in [4.78, 5) is 20.8. The van der Waals surface area contributed by atoms with Crippen LogP contribution < -0.4 is 10.2 Å². The van der Waals surface area contributed by atoms with E-state index < -0.39 is 11.9 Å². The van der Waals surface area contributed by atoms with Gasteiger partial charge in [-0.1, -0.05) is 189 Å². The number of ether oxygens (including phenoxy) is 2. The van der Waals surface area contributed by atoms with Crippen molar-refractivity contribution in [2.45, 2.75) is 218 Å². The summed E-state index contributed by atoms with van der Waals surface area (Å²) in [5, 5.41) is 38.5. The number of carboxylic acids is 2. The topological polar surface area (TPSA) is 139 Å². The zero-order valence-corrected chi connectivity index (χ0v) is 41.5. The van der Waals surface area contributed by atoms with Crippen molar-refractivity contribution in [2.75, 3.05) is 13.2 Å². The van der Waals surface area contributed by atoms with Crippen molar-refractivity contribution < 1.29 is 39.5 Å². The van der Waals surface area contributed by atoms with Gasteiger partial charge in [-0.15, -0.1) is 0 Å². The predicted molar refractivity (Wildman–Crippen MR) is 238 cm³/mol. The number of benzene rings is 2. The average Bonchev–Trinajstić information content (AvgIpc) is 3.23. The van der Waals surface area contributed by atoms with Crippen LogP contribution in [0.1, 0.15) is 204 Å². The van der Waals surface area contributed by atoms with Crippen LogP contribution in [0.15, 0.2) is 60.7 Å². The van der Waals surface area contributed by atoms with Crippen LogP contribution in [0.4, 0.5) is 0 Å². The van der Waals surface area contributed by atoms with Gasteiger partial charge >= 0.3 is 48.9 Å². The van der Waals surface area contributed by atoms with Crippen LogP contribution in [0, 0.1) is 0 Å². The minimum Gasteiger partial charge on any atom is -0.550 e. The third-order valence-corrected chi connectivity index (χ3v) is 10.8. The first-order valence-corrected chi connectivity index (χ1v) is 23.4. The summed E-state index contributed by atoms with van der Waals surface area (Å²) in [6.07, 6.45) is 32.2. The van der Waals surface area contributed by atoms with Crippen LogP contribution in [0.25, 0.3) is 0 Å². The van der Waals surface area contributed by atoms with Gasteiger partial charge in [0.15, 0.2) is 0 Å². The van der Waals surface area contributed by atoms with E-state index in [4.69, 9.17) is 19.7 Å². The molecule has 2 unspecified atom stereocenters. The molecule has 0 amide bonds. The molecule has 0 radical (unpaired) electrons. The molecule has 2 rings (SSSR count). The summed E-state index contributed by atoms with van der Waals surface area (Å²) in [7, 11) is 0. The Bertz CT molecular complexity index is 1080. The molecule has 332 valence electrons. The standard InChI is InChI=1S/2C25H42O4.Ba/c2*26-21-15-8-4-6-13-19-24(29-22-23-16-10-9-11-17-23)18-12-5-2-1-3-7-14-20-25(27)28;/h2*9-11,16-17,24,26H,1-8,12-15,18-22H2,(H,27,28);/q;;+2/p-2.